The zero-order valence-electron chi connectivity index (χ0n) is 7.10. The quantitative estimate of drug-likeness (QED) is 0.624. The molecule has 1 unspecified atom stereocenters. The topological polar surface area (TPSA) is 36.3 Å². The van der Waals surface area contributed by atoms with Crippen LogP contribution in [0.5, 0.6) is 0 Å². The average molecular weight is 186 g/mol. The number of rotatable bonds is 1. The van der Waals surface area contributed by atoms with Gasteiger partial charge < -0.3 is 9.05 Å². The minimum Gasteiger partial charge on any atom is -0.321 e. The van der Waals surface area contributed by atoms with Gasteiger partial charge in [-0.1, -0.05) is 0 Å². The molecule has 4 nitrogen and oxygen atoms in total. The van der Waals surface area contributed by atoms with Crippen LogP contribution >= 0.6 is 8.53 Å². The van der Waals surface area contributed by atoms with E-state index in [1.54, 1.807) is 13.3 Å². The highest BCUT2D eigenvalue weighted by molar-refractivity contribution is 7.45. The van der Waals surface area contributed by atoms with Crippen LogP contribution in [-0.2, 0) is 15.5 Å². The van der Waals surface area contributed by atoms with Crippen LogP contribution in [-0.4, -0.2) is 22.5 Å². The van der Waals surface area contributed by atoms with Crippen LogP contribution in [0.3, 0.4) is 0 Å². The highest BCUT2D eigenvalue weighted by Gasteiger charge is 2.25. The SMILES string of the molecule is COP1O[C@@H](C)Cc2nccn21. The van der Waals surface area contributed by atoms with Crippen molar-refractivity contribution in [2.75, 3.05) is 7.11 Å². The second-order valence-electron chi connectivity index (χ2n) is 2.73. The maximum absolute atomic E-state index is 5.59. The average Bonchev–Trinajstić information content (AvgIpc) is 2.50. The molecule has 1 aromatic heterocycles. The Morgan fingerprint density at radius 3 is 3.42 bits per heavy atom. The van der Waals surface area contributed by atoms with E-state index in [1.165, 1.54) is 0 Å². The molecule has 12 heavy (non-hydrogen) atoms. The zero-order chi connectivity index (χ0) is 8.55. The van der Waals surface area contributed by atoms with E-state index < -0.39 is 8.53 Å². The first-order valence-corrected chi connectivity index (χ1v) is 4.98. The van der Waals surface area contributed by atoms with E-state index in [-0.39, 0.29) is 6.10 Å². The Hall–Kier alpha value is -0.440. The van der Waals surface area contributed by atoms with Gasteiger partial charge in [-0.2, -0.15) is 0 Å². The summed E-state index contributed by atoms with van der Waals surface area (Å²) in [6.45, 7) is 2.03. The molecule has 0 aromatic carbocycles. The van der Waals surface area contributed by atoms with Gasteiger partial charge in [-0.25, -0.2) is 4.98 Å². The standard InChI is InChI=1S/C7H11N2O2P/c1-6-5-7-8-3-4-9(7)12(10-2)11-6/h3-4,6H,5H2,1-2H3/t6-,12?/m0/s1. The fourth-order valence-corrected chi connectivity index (χ4v) is 2.49. The Labute approximate surface area is 72.5 Å². The van der Waals surface area contributed by atoms with Crippen molar-refractivity contribution in [1.29, 1.82) is 0 Å². The molecule has 0 N–H and O–H groups in total. The number of fused-ring (bicyclic) bond motifs is 1. The monoisotopic (exact) mass is 186 g/mol. The lowest BCUT2D eigenvalue weighted by molar-refractivity contribution is 0.187. The summed E-state index contributed by atoms with van der Waals surface area (Å²) in [5.74, 6) is 1.06. The molecule has 0 amide bonds. The van der Waals surface area contributed by atoms with E-state index in [4.69, 9.17) is 9.05 Å². The molecule has 0 bridgehead atoms. The summed E-state index contributed by atoms with van der Waals surface area (Å²) in [6, 6.07) is 0. The minimum atomic E-state index is -0.934. The van der Waals surface area contributed by atoms with Crippen molar-refractivity contribution in [2.24, 2.45) is 0 Å². The minimum absolute atomic E-state index is 0.214. The van der Waals surface area contributed by atoms with Crippen LogP contribution in [0.15, 0.2) is 12.4 Å². The maximum Gasteiger partial charge on any atom is 0.295 e. The number of hydrogen-bond donors (Lipinski definition) is 0. The van der Waals surface area contributed by atoms with Gasteiger partial charge in [-0.05, 0) is 6.92 Å². The Morgan fingerprint density at radius 2 is 2.67 bits per heavy atom. The molecule has 2 atom stereocenters. The first kappa shape index (κ1) is 8.17. The number of imidazole rings is 1. The Morgan fingerprint density at radius 1 is 1.83 bits per heavy atom. The molecule has 0 aliphatic carbocycles. The van der Waals surface area contributed by atoms with Crippen molar-refractivity contribution in [1.82, 2.24) is 9.32 Å². The van der Waals surface area contributed by atoms with Crippen molar-refractivity contribution in [3.05, 3.63) is 18.2 Å². The second-order valence-corrected chi connectivity index (χ2v) is 4.21. The summed E-state index contributed by atoms with van der Waals surface area (Å²) >= 11 is 0. The molecule has 0 fully saturated rings. The predicted octanol–water partition coefficient (Wildman–Crippen LogP) is 1.57. The van der Waals surface area contributed by atoms with Crippen molar-refractivity contribution in [2.45, 2.75) is 19.4 Å². The molecule has 1 aromatic rings. The van der Waals surface area contributed by atoms with Gasteiger partial charge in [0, 0.05) is 25.9 Å². The third kappa shape index (κ3) is 1.26. The highest BCUT2D eigenvalue weighted by atomic mass is 31.2. The number of aromatic nitrogens is 2. The van der Waals surface area contributed by atoms with Crippen LogP contribution < -0.4 is 0 Å². The van der Waals surface area contributed by atoms with Gasteiger partial charge in [0.2, 0.25) is 0 Å². The van der Waals surface area contributed by atoms with Crippen molar-refractivity contribution >= 4 is 8.53 Å². The van der Waals surface area contributed by atoms with E-state index in [1.807, 2.05) is 17.5 Å². The van der Waals surface area contributed by atoms with Gasteiger partial charge in [0.1, 0.15) is 5.82 Å². The van der Waals surface area contributed by atoms with Gasteiger partial charge in [-0.15, -0.1) is 0 Å². The largest absolute Gasteiger partial charge is 0.321 e. The molecule has 0 spiro atoms. The van der Waals surface area contributed by atoms with E-state index in [0.717, 1.165) is 12.2 Å². The zero-order valence-corrected chi connectivity index (χ0v) is 7.99. The van der Waals surface area contributed by atoms with Gasteiger partial charge in [0.05, 0.1) is 6.10 Å². The highest BCUT2D eigenvalue weighted by Crippen LogP contribution is 2.44. The lowest BCUT2D eigenvalue weighted by Gasteiger charge is -2.26. The Bertz CT molecular complexity index is 276. The smallest absolute Gasteiger partial charge is 0.295 e. The molecule has 0 saturated heterocycles. The van der Waals surface area contributed by atoms with Gasteiger partial charge >= 0.3 is 0 Å². The van der Waals surface area contributed by atoms with Gasteiger partial charge in [0.25, 0.3) is 8.53 Å². The van der Waals surface area contributed by atoms with Crippen LogP contribution in [0.4, 0.5) is 0 Å². The first-order valence-electron chi connectivity index (χ1n) is 3.85. The number of hydrogen-bond acceptors (Lipinski definition) is 3. The Kier molecular flexibility index (Phi) is 2.13. The summed E-state index contributed by atoms with van der Waals surface area (Å²) in [7, 11) is 0.727. The molecular weight excluding hydrogens is 175 g/mol. The summed E-state index contributed by atoms with van der Waals surface area (Å²) in [5.41, 5.74) is 0. The molecule has 1 aliphatic rings. The molecule has 2 heterocycles. The lowest BCUT2D eigenvalue weighted by atomic mass is 10.3. The van der Waals surface area contributed by atoms with E-state index >= 15 is 0 Å². The molecule has 0 saturated carbocycles. The van der Waals surface area contributed by atoms with Gasteiger partial charge in [-0.3, -0.25) is 4.34 Å². The summed E-state index contributed by atoms with van der Waals surface area (Å²) in [4.78, 5) is 4.22. The first-order chi connectivity index (χ1) is 5.81. The van der Waals surface area contributed by atoms with E-state index in [9.17, 15) is 0 Å². The second kappa shape index (κ2) is 3.13. The fourth-order valence-electron chi connectivity index (χ4n) is 1.25. The van der Waals surface area contributed by atoms with Crippen LogP contribution in [0.1, 0.15) is 12.7 Å². The molecule has 5 heteroatoms. The van der Waals surface area contributed by atoms with E-state index in [2.05, 4.69) is 4.98 Å². The molecule has 2 rings (SSSR count). The summed E-state index contributed by atoms with van der Waals surface area (Å²) < 4.78 is 12.8. The van der Waals surface area contributed by atoms with E-state index in [0.29, 0.717) is 0 Å². The number of nitrogens with zero attached hydrogens (tertiary/aromatic N) is 2. The lowest BCUT2D eigenvalue weighted by Crippen LogP contribution is -2.20. The van der Waals surface area contributed by atoms with Crippen molar-refractivity contribution in [3.63, 3.8) is 0 Å². The normalized spacial score (nSPS) is 28.5. The molecule has 1 aliphatic heterocycles. The molecule has 66 valence electrons. The van der Waals surface area contributed by atoms with Crippen LogP contribution in [0.2, 0.25) is 0 Å². The van der Waals surface area contributed by atoms with Crippen LogP contribution in [0.25, 0.3) is 0 Å². The van der Waals surface area contributed by atoms with Crippen LogP contribution in [0, 0.1) is 0 Å². The maximum atomic E-state index is 5.59. The molecule has 0 radical (unpaired) electrons. The van der Waals surface area contributed by atoms with Gasteiger partial charge in [0.15, 0.2) is 0 Å². The predicted molar refractivity (Wildman–Crippen MR) is 45.8 cm³/mol. The third-order valence-electron chi connectivity index (χ3n) is 1.77. The van der Waals surface area contributed by atoms with Crippen molar-refractivity contribution < 1.29 is 9.05 Å². The fraction of sp³-hybridized carbons (Fsp3) is 0.571. The van der Waals surface area contributed by atoms with Crippen molar-refractivity contribution in [3.8, 4) is 0 Å². The summed E-state index contributed by atoms with van der Waals surface area (Å²) in [6.07, 6.45) is 4.77. The Balaban J connectivity index is 2.31. The third-order valence-corrected chi connectivity index (χ3v) is 3.34. The summed E-state index contributed by atoms with van der Waals surface area (Å²) in [5, 5.41) is 0. The molecular formula is C7H11N2O2P.